The molecular formula is C16H20OSi. The van der Waals surface area contributed by atoms with Gasteiger partial charge in [0.1, 0.15) is 6.61 Å². The second-order valence-corrected chi connectivity index (χ2v) is 10.1. The van der Waals surface area contributed by atoms with Crippen LogP contribution in [-0.2, 0) is 4.74 Å². The third-order valence-corrected chi connectivity index (χ3v) is 3.15. The van der Waals surface area contributed by atoms with Crippen molar-refractivity contribution in [1.29, 1.82) is 0 Å². The minimum absolute atomic E-state index is 0.500. The molecular weight excluding hydrogens is 236 g/mol. The lowest BCUT2D eigenvalue weighted by molar-refractivity contribution is 0.266. The molecule has 0 aromatic heterocycles. The summed E-state index contributed by atoms with van der Waals surface area (Å²) in [7, 11) is -1.33. The summed E-state index contributed by atoms with van der Waals surface area (Å²) in [5.74, 6) is 6.99. The van der Waals surface area contributed by atoms with Crippen LogP contribution in [0.3, 0.4) is 0 Å². The molecule has 0 atom stereocenters. The molecule has 0 aliphatic heterocycles. The number of hydrogen-bond donors (Lipinski definition) is 0. The standard InChI is InChI=1S/C16H20OSi/c1-5-13-17-16(14-18(2,3)4)12-11-15-9-7-6-8-10-15/h5-10,14H,1,13H2,2-4H3/b16-14-. The van der Waals surface area contributed by atoms with Crippen LogP contribution < -0.4 is 0 Å². The first kappa shape index (κ1) is 14.3. The fraction of sp³-hybridized carbons (Fsp3) is 0.250. The summed E-state index contributed by atoms with van der Waals surface area (Å²) in [5.41, 5.74) is 3.17. The van der Waals surface area contributed by atoms with Crippen LogP contribution in [0.4, 0.5) is 0 Å². The van der Waals surface area contributed by atoms with Gasteiger partial charge in [0.05, 0.1) is 8.07 Å². The fourth-order valence-electron chi connectivity index (χ4n) is 1.31. The Labute approximate surface area is 111 Å². The average Bonchev–Trinajstić information content (AvgIpc) is 2.32. The summed E-state index contributed by atoms with van der Waals surface area (Å²) in [6, 6.07) is 9.94. The van der Waals surface area contributed by atoms with Crippen LogP contribution in [0, 0.1) is 11.8 Å². The highest BCUT2D eigenvalue weighted by Gasteiger charge is 2.10. The maximum atomic E-state index is 5.59. The number of allylic oxidation sites excluding steroid dienone is 1. The molecule has 0 aliphatic rings. The third kappa shape index (κ3) is 6.12. The summed E-state index contributed by atoms with van der Waals surface area (Å²) >= 11 is 0. The first-order chi connectivity index (χ1) is 8.51. The molecule has 1 aromatic rings. The van der Waals surface area contributed by atoms with E-state index in [9.17, 15) is 0 Å². The van der Waals surface area contributed by atoms with Gasteiger partial charge in [0.15, 0.2) is 5.76 Å². The van der Waals surface area contributed by atoms with Crippen molar-refractivity contribution in [2.45, 2.75) is 19.6 Å². The van der Waals surface area contributed by atoms with Crippen molar-refractivity contribution in [3.8, 4) is 11.8 Å². The van der Waals surface area contributed by atoms with Gasteiger partial charge in [-0.3, -0.25) is 0 Å². The molecule has 0 bridgehead atoms. The van der Waals surface area contributed by atoms with Crippen molar-refractivity contribution in [2.24, 2.45) is 0 Å². The molecule has 0 heterocycles. The van der Waals surface area contributed by atoms with E-state index in [1.807, 2.05) is 30.3 Å². The van der Waals surface area contributed by atoms with Crippen LogP contribution in [0.25, 0.3) is 0 Å². The Morgan fingerprint density at radius 2 is 1.94 bits per heavy atom. The number of benzene rings is 1. The Kier molecular flexibility index (Phi) is 5.48. The second kappa shape index (κ2) is 6.88. The summed E-state index contributed by atoms with van der Waals surface area (Å²) in [4.78, 5) is 0. The lowest BCUT2D eigenvalue weighted by atomic mass is 10.2. The Hall–Kier alpha value is -1.72. The van der Waals surface area contributed by atoms with Gasteiger partial charge in [-0.2, -0.15) is 0 Å². The van der Waals surface area contributed by atoms with Crippen molar-refractivity contribution in [3.05, 3.63) is 60.0 Å². The smallest absolute Gasteiger partial charge is 0.162 e. The van der Waals surface area contributed by atoms with Gasteiger partial charge in [-0.1, -0.05) is 56.4 Å². The fourth-order valence-corrected chi connectivity index (χ4v) is 2.25. The van der Waals surface area contributed by atoms with E-state index in [0.717, 1.165) is 11.3 Å². The van der Waals surface area contributed by atoms with Crippen molar-refractivity contribution >= 4 is 8.07 Å². The maximum Gasteiger partial charge on any atom is 0.162 e. The zero-order valence-electron chi connectivity index (χ0n) is 11.4. The van der Waals surface area contributed by atoms with Crippen molar-refractivity contribution < 1.29 is 4.74 Å². The van der Waals surface area contributed by atoms with Crippen molar-refractivity contribution in [2.75, 3.05) is 6.61 Å². The molecule has 1 aromatic carbocycles. The minimum Gasteiger partial charge on any atom is -0.482 e. The molecule has 0 unspecified atom stereocenters. The Balaban J connectivity index is 2.89. The molecule has 94 valence electrons. The molecule has 0 saturated heterocycles. The monoisotopic (exact) mass is 256 g/mol. The Bertz CT molecular complexity index is 469. The maximum absolute atomic E-state index is 5.59. The van der Waals surface area contributed by atoms with Crippen LogP contribution in [0.1, 0.15) is 5.56 Å². The molecule has 18 heavy (non-hydrogen) atoms. The van der Waals surface area contributed by atoms with Crippen LogP contribution >= 0.6 is 0 Å². The second-order valence-electron chi connectivity index (χ2n) is 5.09. The molecule has 1 nitrogen and oxygen atoms in total. The SMILES string of the molecule is C=CCO/C(C#Cc1ccccc1)=C\[Si](C)(C)C. The van der Waals surface area contributed by atoms with Crippen LogP contribution in [-0.4, -0.2) is 14.7 Å². The van der Waals surface area contributed by atoms with E-state index in [2.05, 4.69) is 43.8 Å². The number of hydrogen-bond acceptors (Lipinski definition) is 1. The van der Waals surface area contributed by atoms with Crippen LogP contribution in [0.5, 0.6) is 0 Å². The van der Waals surface area contributed by atoms with E-state index in [1.165, 1.54) is 0 Å². The van der Waals surface area contributed by atoms with Gasteiger partial charge in [-0.05, 0) is 23.8 Å². The molecule has 0 saturated carbocycles. The van der Waals surface area contributed by atoms with Crippen molar-refractivity contribution in [1.82, 2.24) is 0 Å². The van der Waals surface area contributed by atoms with E-state index in [0.29, 0.717) is 6.61 Å². The molecule has 0 N–H and O–H groups in total. The van der Waals surface area contributed by atoms with E-state index in [1.54, 1.807) is 6.08 Å². The average molecular weight is 256 g/mol. The predicted octanol–water partition coefficient (Wildman–Crippen LogP) is 4.00. The largest absolute Gasteiger partial charge is 0.482 e. The highest BCUT2D eigenvalue weighted by molar-refractivity contribution is 6.81. The van der Waals surface area contributed by atoms with Crippen LogP contribution in [0.15, 0.2) is 54.4 Å². The molecule has 0 spiro atoms. The predicted molar refractivity (Wildman–Crippen MR) is 80.9 cm³/mol. The Morgan fingerprint density at radius 1 is 1.28 bits per heavy atom. The van der Waals surface area contributed by atoms with Gasteiger partial charge in [0, 0.05) is 5.56 Å². The van der Waals surface area contributed by atoms with Gasteiger partial charge < -0.3 is 4.74 Å². The van der Waals surface area contributed by atoms with Gasteiger partial charge >= 0.3 is 0 Å². The first-order valence-corrected chi connectivity index (χ1v) is 9.62. The molecule has 1 rings (SSSR count). The summed E-state index contributed by atoms with van der Waals surface area (Å²) in [5, 5.41) is 0. The number of ether oxygens (including phenoxy) is 1. The minimum atomic E-state index is -1.33. The zero-order valence-corrected chi connectivity index (χ0v) is 12.4. The first-order valence-electron chi connectivity index (χ1n) is 6.05. The number of rotatable bonds is 4. The quantitative estimate of drug-likeness (QED) is 0.342. The molecule has 0 aliphatic carbocycles. The summed E-state index contributed by atoms with van der Waals surface area (Å²) in [6.07, 6.45) is 1.74. The molecule has 0 fully saturated rings. The van der Waals surface area contributed by atoms with E-state index < -0.39 is 8.07 Å². The molecule has 0 amide bonds. The van der Waals surface area contributed by atoms with Gasteiger partial charge in [0.25, 0.3) is 0 Å². The van der Waals surface area contributed by atoms with E-state index in [-0.39, 0.29) is 0 Å². The lowest BCUT2D eigenvalue weighted by Crippen LogP contribution is -2.17. The summed E-state index contributed by atoms with van der Waals surface area (Å²) < 4.78 is 5.59. The lowest BCUT2D eigenvalue weighted by Gasteiger charge is -2.11. The normalized spacial score (nSPS) is 11.4. The van der Waals surface area contributed by atoms with E-state index in [4.69, 9.17) is 4.74 Å². The summed E-state index contributed by atoms with van der Waals surface area (Å²) in [6.45, 7) is 10.9. The Morgan fingerprint density at radius 3 is 2.50 bits per heavy atom. The van der Waals surface area contributed by atoms with Crippen molar-refractivity contribution in [3.63, 3.8) is 0 Å². The highest BCUT2D eigenvalue weighted by Crippen LogP contribution is 2.08. The molecule has 0 radical (unpaired) electrons. The zero-order chi connectivity index (χ0) is 13.4. The topological polar surface area (TPSA) is 9.23 Å². The molecule has 2 heteroatoms. The third-order valence-electron chi connectivity index (χ3n) is 2.02. The highest BCUT2D eigenvalue weighted by atomic mass is 28.3. The van der Waals surface area contributed by atoms with Gasteiger partial charge in [-0.25, -0.2) is 0 Å². The van der Waals surface area contributed by atoms with E-state index >= 15 is 0 Å². The van der Waals surface area contributed by atoms with Gasteiger partial charge in [-0.15, -0.1) is 0 Å². The van der Waals surface area contributed by atoms with Crippen LogP contribution in [0.2, 0.25) is 19.6 Å². The van der Waals surface area contributed by atoms with Gasteiger partial charge in [0.2, 0.25) is 0 Å².